The minimum Gasteiger partial charge on any atom is -0.497 e. The fraction of sp³-hybridized carbons (Fsp3) is 0.222. The number of nitrogens with zero attached hydrogens (tertiary/aromatic N) is 1. The van der Waals surface area contributed by atoms with Gasteiger partial charge in [0.05, 0.1) is 7.11 Å². The van der Waals surface area contributed by atoms with Crippen molar-refractivity contribution in [2.75, 3.05) is 17.7 Å². The summed E-state index contributed by atoms with van der Waals surface area (Å²) in [7, 11) is 1.60. The summed E-state index contributed by atoms with van der Waals surface area (Å²) in [6.45, 7) is 2.07. The van der Waals surface area contributed by atoms with Gasteiger partial charge in [-0.05, 0) is 42.8 Å². The molecule has 24 heavy (non-hydrogen) atoms. The molecule has 2 N–H and O–H groups in total. The van der Waals surface area contributed by atoms with Crippen molar-refractivity contribution in [2.24, 2.45) is 0 Å². The van der Waals surface area contributed by atoms with Crippen molar-refractivity contribution < 1.29 is 13.9 Å². The van der Waals surface area contributed by atoms with Crippen molar-refractivity contribution in [3.63, 3.8) is 0 Å². The molecular formula is C18H19N3O3. The standard InChI is InChI=1S/C18H19N3O3/c1-3-4-17-21-15-10-7-13(11-16(15)24-17)20-18(22)19-12-5-8-14(23-2)9-6-12/h5-11H,3-4H2,1-2H3,(H2,19,20,22). The smallest absolute Gasteiger partial charge is 0.323 e. The lowest BCUT2D eigenvalue weighted by atomic mass is 10.3. The third-order valence-electron chi connectivity index (χ3n) is 3.50. The largest absolute Gasteiger partial charge is 0.497 e. The van der Waals surface area contributed by atoms with E-state index >= 15 is 0 Å². The van der Waals surface area contributed by atoms with Crippen molar-refractivity contribution in [1.29, 1.82) is 0 Å². The summed E-state index contributed by atoms with van der Waals surface area (Å²) < 4.78 is 10.8. The first-order valence-corrected chi connectivity index (χ1v) is 7.79. The van der Waals surface area contributed by atoms with Crippen LogP contribution in [0.1, 0.15) is 19.2 Å². The highest BCUT2D eigenvalue weighted by atomic mass is 16.5. The van der Waals surface area contributed by atoms with Crippen molar-refractivity contribution in [3.05, 3.63) is 48.4 Å². The molecule has 0 aliphatic carbocycles. The van der Waals surface area contributed by atoms with Crippen LogP contribution >= 0.6 is 0 Å². The molecule has 3 rings (SSSR count). The molecule has 0 unspecified atom stereocenters. The van der Waals surface area contributed by atoms with E-state index < -0.39 is 0 Å². The van der Waals surface area contributed by atoms with Crippen molar-refractivity contribution >= 4 is 28.5 Å². The van der Waals surface area contributed by atoms with Crippen LogP contribution in [-0.4, -0.2) is 18.1 Å². The Kier molecular flexibility index (Phi) is 4.65. The highest BCUT2D eigenvalue weighted by molar-refractivity contribution is 6.00. The lowest BCUT2D eigenvalue weighted by molar-refractivity contribution is 0.262. The van der Waals surface area contributed by atoms with Gasteiger partial charge in [-0.2, -0.15) is 0 Å². The van der Waals surface area contributed by atoms with Gasteiger partial charge in [-0.15, -0.1) is 0 Å². The maximum atomic E-state index is 12.1. The Balaban J connectivity index is 1.67. The molecule has 0 bridgehead atoms. The van der Waals surface area contributed by atoms with E-state index in [4.69, 9.17) is 9.15 Å². The number of rotatable bonds is 5. The van der Waals surface area contributed by atoms with Crippen LogP contribution in [0.15, 0.2) is 46.9 Å². The van der Waals surface area contributed by atoms with Crippen molar-refractivity contribution in [1.82, 2.24) is 4.98 Å². The Bertz CT molecular complexity index is 840. The maximum absolute atomic E-state index is 12.1. The normalized spacial score (nSPS) is 10.6. The highest BCUT2D eigenvalue weighted by Crippen LogP contribution is 2.21. The number of carbonyl (C=O) groups excluding carboxylic acids is 1. The molecule has 0 aliphatic rings. The number of ether oxygens (including phenoxy) is 1. The van der Waals surface area contributed by atoms with E-state index in [1.165, 1.54) is 0 Å². The molecule has 3 aromatic rings. The second-order valence-electron chi connectivity index (χ2n) is 5.35. The zero-order valence-corrected chi connectivity index (χ0v) is 13.6. The van der Waals surface area contributed by atoms with Crippen LogP contribution < -0.4 is 15.4 Å². The number of urea groups is 1. The number of benzene rings is 2. The Morgan fingerprint density at radius 3 is 2.54 bits per heavy atom. The molecule has 0 radical (unpaired) electrons. The van der Waals surface area contributed by atoms with E-state index in [9.17, 15) is 4.79 Å². The Hall–Kier alpha value is -3.02. The van der Waals surface area contributed by atoms with Gasteiger partial charge in [0.1, 0.15) is 11.3 Å². The quantitative estimate of drug-likeness (QED) is 0.727. The minimum atomic E-state index is -0.326. The molecular weight excluding hydrogens is 306 g/mol. The average Bonchev–Trinajstić information content (AvgIpc) is 2.97. The van der Waals surface area contributed by atoms with E-state index in [1.807, 2.05) is 6.07 Å². The highest BCUT2D eigenvalue weighted by Gasteiger charge is 2.08. The van der Waals surface area contributed by atoms with Crippen LogP contribution in [-0.2, 0) is 6.42 Å². The molecule has 1 heterocycles. The summed E-state index contributed by atoms with van der Waals surface area (Å²) in [5.41, 5.74) is 2.78. The molecule has 2 amide bonds. The zero-order valence-electron chi connectivity index (χ0n) is 13.6. The fourth-order valence-electron chi connectivity index (χ4n) is 2.34. The summed E-state index contributed by atoms with van der Waals surface area (Å²) in [5, 5.41) is 5.55. The first-order valence-electron chi connectivity index (χ1n) is 7.79. The number of nitrogens with one attached hydrogen (secondary N) is 2. The van der Waals surface area contributed by atoms with E-state index in [2.05, 4.69) is 22.5 Å². The number of aryl methyl sites for hydroxylation is 1. The van der Waals surface area contributed by atoms with Crippen LogP contribution in [0.3, 0.4) is 0 Å². The van der Waals surface area contributed by atoms with Gasteiger partial charge in [0.2, 0.25) is 0 Å². The summed E-state index contributed by atoms with van der Waals surface area (Å²) >= 11 is 0. The molecule has 0 saturated carbocycles. The number of anilines is 2. The van der Waals surface area contributed by atoms with Gasteiger partial charge in [-0.3, -0.25) is 0 Å². The number of amides is 2. The fourth-order valence-corrected chi connectivity index (χ4v) is 2.34. The van der Waals surface area contributed by atoms with Gasteiger partial charge in [0, 0.05) is 23.9 Å². The maximum Gasteiger partial charge on any atom is 0.323 e. The van der Waals surface area contributed by atoms with Crippen molar-refractivity contribution in [2.45, 2.75) is 19.8 Å². The average molecular weight is 325 g/mol. The van der Waals surface area contributed by atoms with Crippen LogP contribution in [0.4, 0.5) is 16.2 Å². The number of hydrogen-bond acceptors (Lipinski definition) is 4. The van der Waals surface area contributed by atoms with Gasteiger partial charge in [0.15, 0.2) is 11.5 Å². The number of hydrogen-bond donors (Lipinski definition) is 2. The van der Waals surface area contributed by atoms with Crippen LogP contribution in [0.25, 0.3) is 11.1 Å². The van der Waals surface area contributed by atoms with Gasteiger partial charge in [-0.25, -0.2) is 9.78 Å². The summed E-state index contributed by atoms with van der Waals surface area (Å²) in [6.07, 6.45) is 1.78. The predicted molar refractivity (Wildman–Crippen MR) is 93.6 cm³/mol. The lowest BCUT2D eigenvalue weighted by Crippen LogP contribution is -2.19. The van der Waals surface area contributed by atoms with Crippen LogP contribution in [0.2, 0.25) is 0 Å². The van der Waals surface area contributed by atoms with E-state index in [1.54, 1.807) is 43.5 Å². The predicted octanol–water partition coefficient (Wildman–Crippen LogP) is 4.43. The van der Waals surface area contributed by atoms with E-state index in [-0.39, 0.29) is 6.03 Å². The van der Waals surface area contributed by atoms with Gasteiger partial charge < -0.3 is 19.8 Å². The minimum absolute atomic E-state index is 0.326. The number of methoxy groups -OCH3 is 1. The summed E-state index contributed by atoms with van der Waals surface area (Å²) in [5.74, 6) is 1.45. The van der Waals surface area contributed by atoms with Gasteiger partial charge >= 0.3 is 6.03 Å². The van der Waals surface area contributed by atoms with E-state index in [0.717, 1.165) is 24.1 Å². The van der Waals surface area contributed by atoms with Crippen LogP contribution in [0, 0.1) is 0 Å². The Morgan fingerprint density at radius 2 is 1.83 bits per heavy atom. The molecule has 6 heteroatoms. The number of fused-ring (bicyclic) bond motifs is 1. The molecule has 124 valence electrons. The topological polar surface area (TPSA) is 76.4 Å². The molecule has 6 nitrogen and oxygen atoms in total. The summed E-state index contributed by atoms with van der Waals surface area (Å²) in [4.78, 5) is 16.5. The third kappa shape index (κ3) is 3.65. The second-order valence-corrected chi connectivity index (χ2v) is 5.35. The SMILES string of the molecule is CCCc1nc2ccc(NC(=O)Nc3ccc(OC)cc3)cc2o1. The molecule has 0 atom stereocenters. The molecule has 1 aromatic heterocycles. The molecule has 2 aromatic carbocycles. The van der Waals surface area contributed by atoms with Gasteiger partial charge in [-0.1, -0.05) is 6.92 Å². The Labute approximate surface area is 139 Å². The molecule has 0 fully saturated rings. The summed E-state index contributed by atoms with van der Waals surface area (Å²) in [6, 6.07) is 12.2. The first-order chi connectivity index (χ1) is 11.7. The van der Waals surface area contributed by atoms with E-state index in [0.29, 0.717) is 22.8 Å². The monoisotopic (exact) mass is 325 g/mol. The molecule has 0 saturated heterocycles. The van der Waals surface area contributed by atoms with Crippen LogP contribution in [0.5, 0.6) is 5.75 Å². The zero-order chi connectivity index (χ0) is 16.9. The molecule has 0 spiro atoms. The lowest BCUT2D eigenvalue weighted by Gasteiger charge is -2.08. The number of aromatic nitrogens is 1. The third-order valence-corrected chi connectivity index (χ3v) is 3.50. The molecule has 0 aliphatic heterocycles. The number of oxazole rings is 1. The van der Waals surface area contributed by atoms with Gasteiger partial charge in [0.25, 0.3) is 0 Å². The second kappa shape index (κ2) is 7.04. The first kappa shape index (κ1) is 15.9. The Morgan fingerprint density at radius 1 is 1.12 bits per heavy atom. The number of carbonyl (C=O) groups is 1. The van der Waals surface area contributed by atoms with Crippen molar-refractivity contribution in [3.8, 4) is 5.75 Å².